The zero-order chi connectivity index (χ0) is 39.5. The Hall–Kier alpha value is -7.42. The summed E-state index contributed by atoms with van der Waals surface area (Å²) in [7, 11) is 0. The average molecular weight is 756 g/mol. The van der Waals surface area contributed by atoms with E-state index >= 15 is 0 Å². The predicted molar refractivity (Wildman–Crippen MR) is 248 cm³/mol. The van der Waals surface area contributed by atoms with Gasteiger partial charge in [-0.25, -0.2) is 0 Å². The van der Waals surface area contributed by atoms with Crippen LogP contribution in [0.4, 0.5) is 17.1 Å². The standard InChI is InChI=1S/C57H41NO/c1-57(2)50-36-41(38-18-6-3-7-19-38)32-34-45(50)46-35-33-42(37-51(46)57)58(53-30-17-28-49-47-25-14-15-31-54(47)59-56(49)53)52-29-16-27-44(40-22-10-5-11-23-40)55(52)48-26-13-12-24-43(48)39-20-8-4-9-21-39/h3-37H,1-2H3. The first-order chi connectivity index (χ1) is 29.0. The van der Waals surface area contributed by atoms with E-state index in [1.54, 1.807) is 0 Å². The summed E-state index contributed by atoms with van der Waals surface area (Å²) in [5, 5.41) is 2.20. The number of benzene rings is 9. The van der Waals surface area contributed by atoms with Crippen molar-refractivity contribution in [3.63, 3.8) is 0 Å². The van der Waals surface area contributed by atoms with Crippen molar-refractivity contribution in [1.29, 1.82) is 0 Å². The lowest BCUT2D eigenvalue weighted by atomic mass is 9.81. The predicted octanol–water partition coefficient (Wildman–Crippen LogP) is 16.0. The Morgan fingerprint density at radius 2 is 0.915 bits per heavy atom. The van der Waals surface area contributed by atoms with Crippen molar-refractivity contribution in [3.05, 3.63) is 223 Å². The zero-order valence-electron chi connectivity index (χ0n) is 33.1. The van der Waals surface area contributed by atoms with Gasteiger partial charge in [0.25, 0.3) is 0 Å². The van der Waals surface area contributed by atoms with E-state index in [1.165, 1.54) is 44.5 Å². The Kier molecular flexibility index (Phi) is 8.20. The largest absolute Gasteiger partial charge is 0.454 e. The molecule has 59 heavy (non-hydrogen) atoms. The highest BCUT2D eigenvalue weighted by Crippen LogP contribution is 2.54. The van der Waals surface area contributed by atoms with E-state index in [0.717, 1.165) is 61.3 Å². The first-order valence-electron chi connectivity index (χ1n) is 20.4. The molecule has 280 valence electrons. The monoisotopic (exact) mass is 755 g/mol. The fraction of sp³-hybridized carbons (Fsp3) is 0.0526. The average Bonchev–Trinajstić information content (AvgIpc) is 3.79. The van der Waals surface area contributed by atoms with Crippen molar-refractivity contribution in [2.75, 3.05) is 4.90 Å². The number of anilines is 3. The first-order valence-corrected chi connectivity index (χ1v) is 20.4. The molecule has 10 aromatic rings. The number of hydrogen-bond donors (Lipinski definition) is 0. The molecule has 0 saturated heterocycles. The van der Waals surface area contributed by atoms with E-state index in [4.69, 9.17) is 4.42 Å². The molecule has 9 aromatic carbocycles. The van der Waals surface area contributed by atoms with E-state index in [9.17, 15) is 0 Å². The van der Waals surface area contributed by atoms with Crippen LogP contribution in [0.1, 0.15) is 25.0 Å². The summed E-state index contributed by atoms with van der Waals surface area (Å²) in [5.74, 6) is 0. The highest BCUT2D eigenvalue weighted by Gasteiger charge is 2.37. The summed E-state index contributed by atoms with van der Waals surface area (Å²) in [6.07, 6.45) is 0. The maximum absolute atomic E-state index is 6.86. The molecule has 11 rings (SSSR count). The van der Waals surface area contributed by atoms with Crippen LogP contribution in [0.2, 0.25) is 0 Å². The van der Waals surface area contributed by atoms with Crippen LogP contribution in [0.3, 0.4) is 0 Å². The fourth-order valence-corrected chi connectivity index (χ4v) is 9.43. The van der Waals surface area contributed by atoms with Crippen LogP contribution in [-0.2, 0) is 5.41 Å². The number of rotatable bonds is 7. The van der Waals surface area contributed by atoms with E-state index in [2.05, 4.69) is 225 Å². The topological polar surface area (TPSA) is 16.4 Å². The van der Waals surface area contributed by atoms with E-state index < -0.39 is 0 Å². The van der Waals surface area contributed by atoms with Gasteiger partial charge in [0.2, 0.25) is 0 Å². The van der Waals surface area contributed by atoms with Crippen LogP contribution < -0.4 is 4.90 Å². The van der Waals surface area contributed by atoms with Crippen LogP contribution in [0.25, 0.3) is 77.6 Å². The number of hydrogen-bond acceptors (Lipinski definition) is 2. The Labute approximate surface area is 345 Å². The SMILES string of the molecule is CC1(C)c2cc(-c3ccccc3)ccc2-c2ccc(N(c3cccc(-c4ccccc4)c3-c3ccccc3-c3ccccc3)c3cccc4c3oc3ccccc34)cc21. The molecule has 0 N–H and O–H groups in total. The van der Waals surface area contributed by atoms with Gasteiger partial charge in [0.05, 0.1) is 11.4 Å². The summed E-state index contributed by atoms with van der Waals surface area (Å²) < 4.78 is 6.86. The van der Waals surface area contributed by atoms with Crippen LogP contribution in [0.15, 0.2) is 217 Å². The molecule has 1 aromatic heterocycles. The molecule has 0 unspecified atom stereocenters. The molecule has 2 nitrogen and oxygen atoms in total. The van der Waals surface area contributed by atoms with Gasteiger partial charge >= 0.3 is 0 Å². The van der Waals surface area contributed by atoms with Gasteiger partial charge in [0, 0.05) is 27.4 Å². The van der Waals surface area contributed by atoms with Gasteiger partial charge in [-0.1, -0.05) is 190 Å². The molecule has 1 aliphatic carbocycles. The lowest BCUT2D eigenvalue weighted by molar-refractivity contribution is 0.660. The molecular weight excluding hydrogens is 715 g/mol. The molecule has 1 heterocycles. The van der Waals surface area contributed by atoms with Gasteiger partial charge in [0.15, 0.2) is 5.58 Å². The second kappa shape index (κ2) is 13.9. The summed E-state index contributed by atoms with van der Waals surface area (Å²) in [6, 6.07) is 76.8. The summed E-state index contributed by atoms with van der Waals surface area (Å²) in [4.78, 5) is 2.45. The molecular formula is C57H41NO. The number of furan rings is 1. The van der Waals surface area contributed by atoms with Gasteiger partial charge in [-0.3, -0.25) is 0 Å². The molecule has 0 saturated carbocycles. The van der Waals surface area contributed by atoms with Gasteiger partial charge in [0.1, 0.15) is 5.58 Å². The maximum Gasteiger partial charge on any atom is 0.159 e. The van der Waals surface area contributed by atoms with Crippen LogP contribution >= 0.6 is 0 Å². The quantitative estimate of drug-likeness (QED) is 0.161. The summed E-state index contributed by atoms with van der Waals surface area (Å²) >= 11 is 0. The molecule has 0 atom stereocenters. The van der Waals surface area contributed by atoms with Crippen LogP contribution in [-0.4, -0.2) is 0 Å². The summed E-state index contributed by atoms with van der Waals surface area (Å²) in [6.45, 7) is 4.75. The molecule has 0 spiro atoms. The van der Waals surface area contributed by atoms with Crippen molar-refractivity contribution >= 4 is 39.0 Å². The van der Waals surface area contributed by atoms with Gasteiger partial charge in [-0.15, -0.1) is 0 Å². The summed E-state index contributed by atoms with van der Waals surface area (Å²) in [5.41, 5.74) is 19.3. The van der Waals surface area contributed by atoms with Gasteiger partial charge in [-0.05, 0) is 97.6 Å². The lowest BCUT2D eigenvalue weighted by Gasteiger charge is -2.31. The zero-order valence-corrected chi connectivity index (χ0v) is 33.1. The highest BCUT2D eigenvalue weighted by molar-refractivity contribution is 6.11. The maximum atomic E-state index is 6.86. The number of para-hydroxylation sites is 2. The first kappa shape index (κ1) is 34.8. The highest BCUT2D eigenvalue weighted by atomic mass is 16.3. The molecule has 0 bridgehead atoms. The van der Waals surface area contributed by atoms with E-state index in [1.807, 2.05) is 6.07 Å². The fourth-order valence-electron chi connectivity index (χ4n) is 9.43. The molecule has 0 radical (unpaired) electrons. The van der Waals surface area contributed by atoms with Crippen molar-refractivity contribution in [1.82, 2.24) is 0 Å². The van der Waals surface area contributed by atoms with Gasteiger partial charge < -0.3 is 9.32 Å². The minimum atomic E-state index is -0.239. The van der Waals surface area contributed by atoms with Gasteiger partial charge in [-0.2, -0.15) is 0 Å². The van der Waals surface area contributed by atoms with E-state index in [0.29, 0.717) is 0 Å². The Morgan fingerprint density at radius 3 is 1.66 bits per heavy atom. The number of fused-ring (bicyclic) bond motifs is 6. The minimum absolute atomic E-state index is 0.239. The lowest BCUT2D eigenvalue weighted by Crippen LogP contribution is -2.17. The second-order valence-corrected chi connectivity index (χ2v) is 16.0. The Bertz CT molecular complexity index is 3180. The molecule has 2 heteroatoms. The third kappa shape index (κ3) is 5.71. The third-order valence-corrected chi connectivity index (χ3v) is 12.3. The Morgan fingerprint density at radius 1 is 0.373 bits per heavy atom. The van der Waals surface area contributed by atoms with Crippen molar-refractivity contribution in [2.24, 2.45) is 0 Å². The van der Waals surface area contributed by atoms with Crippen molar-refractivity contribution in [2.45, 2.75) is 19.3 Å². The molecule has 1 aliphatic rings. The third-order valence-electron chi connectivity index (χ3n) is 12.3. The second-order valence-electron chi connectivity index (χ2n) is 16.0. The Balaban J connectivity index is 1.19. The minimum Gasteiger partial charge on any atom is -0.454 e. The van der Waals surface area contributed by atoms with Crippen LogP contribution in [0.5, 0.6) is 0 Å². The van der Waals surface area contributed by atoms with Crippen LogP contribution in [0, 0.1) is 0 Å². The smallest absolute Gasteiger partial charge is 0.159 e. The van der Waals surface area contributed by atoms with E-state index in [-0.39, 0.29) is 5.41 Å². The van der Waals surface area contributed by atoms with Crippen molar-refractivity contribution < 1.29 is 4.42 Å². The molecule has 0 aliphatic heterocycles. The molecule has 0 fully saturated rings. The molecule has 0 amide bonds. The van der Waals surface area contributed by atoms with Crippen molar-refractivity contribution in [3.8, 4) is 55.6 Å². The number of nitrogens with zero attached hydrogens (tertiary/aromatic N) is 1. The normalized spacial score (nSPS) is 12.7.